The van der Waals surface area contributed by atoms with Crippen LogP contribution in [0.2, 0.25) is 0 Å². The van der Waals surface area contributed by atoms with Crippen molar-refractivity contribution in [2.24, 2.45) is 0 Å². The predicted octanol–water partition coefficient (Wildman–Crippen LogP) is 23.9. The van der Waals surface area contributed by atoms with Crippen molar-refractivity contribution < 1.29 is 19.7 Å². The lowest BCUT2D eigenvalue weighted by atomic mass is 9.84. The van der Waals surface area contributed by atoms with Crippen molar-refractivity contribution in [1.29, 1.82) is 0 Å². The average molecular weight is 1340 g/mol. The van der Waals surface area contributed by atoms with Crippen LogP contribution in [0, 0.1) is 0 Å². The molecule has 0 saturated heterocycles. The summed E-state index contributed by atoms with van der Waals surface area (Å²) < 4.78 is 12.3. The zero-order chi connectivity index (χ0) is 66.2. The van der Waals surface area contributed by atoms with Crippen LogP contribution in [0.3, 0.4) is 0 Å². The van der Waals surface area contributed by atoms with Gasteiger partial charge >= 0.3 is 0 Å². The van der Waals surface area contributed by atoms with E-state index in [1.807, 2.05) is 59.3 Å². The number of nitrogens with zero attached hydrogens (tertiary/aromatic N) is 4. The number of thiophene rings is 4. The van der Waals surface area contributed by atoms with E-state index in [1.54, 1.807) is 59.6 Å². The molecule has 0 fully saturated rings. The van der Waals surface area contributed by atoms with Gasteiger partial charge in [-0.25, -0.2) is 19.9 Å². The number of aromatic hydroxyl groups is 2. The van der Waals surface area contributed by atoms with Gasteiger partial charge in [-0.1, -0.05) is 156 Å². The fraction of sp³-hybridized carbons (Fsp3) is 0.220. The minimum Gasteiger partial charge on any atom is -0.507 e. The Hall–Kier alpha value is -8.69. The normalized spacial score (nSPS) is 12.1. The van der Waals surface area contributed by atoms with E-state index in [2.05, 4.69) is 215 Å². The first-order valence-electron chi connectivity index (χ1n) is 31.6. The lowest BCUT2D eigenvalue weighted by Crippen LogP contribution is -2.12. The first-order valence-corrected chi connectivity index (χ1v) is 35.1. The molecule has 8 aromatic heterocycles. The second-order valence-corrected chi connectivity index (χ2v) is 32.0. The summed E-state index contributed by atoms with van der Waals surface area (Å²) in [5.41, 5.74) is 17.8. The summed E-state index contributed by atoms with van der Waals surface area (Å²) in [5.74, 6) is 2.11. The first-order chi connectivity index (χ1) is 44.8. The second-order valence-electron chi connectivity index (χ2n) is 28.2. The van der Waals surface area contributed by atoms with Crippen molar-refractivity contribution in [3.63, 3.8) is 0 Å². The Morgan fingerprint density at radius 3 is 0.758 bits per heavy atom. The zero-order valence-electron chi connectivity index (χ0n) is 56.1. The molecule has 0 bridgehead atoms. The van der Waals surface area contributed by atoms with E-state index in [9.17, 15) is 10.2 Å². The molecule has 14 aromatic rings. The van der Waals surface area contributed by atoms with E-state index in [0.29, 0.717) is 22.5 Å². The van der Waals surface area contributed by atoms with Gasteiger partial charge in [0, 0.05) is 85.6 Å². The van der Waals surface area contributed by atoms with Crippen molar-refractivity contribution in [1.82, 2.24) is 19.9 Å². The van der Waals surface area contributed by atoms with Gasteiger partial charge < -0.3 is 19.7 Å². The van der Waals surface area contributed by atoms with Gasteiger partial charge in [0.1, 0.15) is 23.0 Å². The van der Waals surface area contributed by atoms with E-state index < -0.39 is 0 Å². The van der Waals surface area contributed by atoms with E-state index >= 15 is 0 Å². The molecule has 0 amide bonds. The summed E-state index contributed by atoms with van der Waals surface area (Å²) in [6, 6.07) is 58.8. The number of phenols is 2. The number of rotatable bonds is 10. The van der Waals surface area contributed by atoms with Crippen molar-refractivity contribution in [3.8, 4) is 110 Å². The maximum absolute atomic E-state index is 11.6. The Morgan fingerprint density at radius 2 is 0.516 bits per heavy atom. The molecule has 8 nitrogen and oxygen atoms in total. The Balaban J connectivity index is 0.000000180. The molecule has 0 aliphatic carbocycles. The fourth-order valence-corrected chi connectivity index (χ4v) is 15.0. The highest BCUT2D eigenvalue weighted by molar-refractivity contribution is 7.59. The van der Waals surface area contributed by atoms with Gasteiger partial charge in [-0.05, 0) is 162 Å². The summed E-state index contributed by atoms with van der Waals surface area (Å²) >= 11 is 6.66. The molecule has 0 atom stereocenters. The van der Waals surface area contributed by atoms with Gasteiger partial charge in [0.05, 0.1) is 59.1 Å². The number of hydrogen-bond acceptors (Lipinski definition) is 12. The van der Waals surface area contributed by atoms with Crippen LogP contribution in [0.1, 0.15) is 105 Å². The lowest BCUT2D eigenvalue weighted by Gasteiger charge is -2.23. The number of ether oxygens (including phenoxy) is 2. The van der Waals surface area contributed by atoms with E-state index in [-0.39, 0.29) is 46.7 Å². The van der Waals surface area contributed by atoms with Gasteiger partial charge in [-0.2, -0.15) is 13.5 Å². The summed E-state index contributed by atoms with van der Waals surface area (Å²) in [4.78, 5) is 25.4. The number of phenolic OH excluding ortho intramolecular Hbond substituents is 2. The van der Waals surface area contributed by atoms with Crippen molar-refractivity contribution >= 4 is 102 Å². The van der Waals surface area contributed by atoms with Crippen LogP contribution in [-0.4, -0.2) is 44.4 Å². The van der Waals surface area contributed by atoms with Crippen LogP contribution in [0.4, 0.5) is 0 Å². The maximum Gasteiger partial charge on any atom is 0.136 e. The molecule has 95 heavy (non-hydrogen) atoms. The van der Waals surface area contributed by atoms with Crippen LogP contribution in [0.5, 0.6) is 23.0 Å². The topological polar surface area (TPSA) is 110 Å². The largest absolute Gasteiger partial charge is 0.507 e. The van der Waals surface area contributed by atoms with Gasteiger partial charge in [-0.15, -0.1) is 45.3 Å². The molecule has 2 N–H and O–H groups in total. The molecular formula is C82H78N4O4S5. The number of aromatic nitrogens is 4. The van der Waals surface area contributed by atoms with Crippen LogP contribution in [0.15, 0.2) is 191 Å². The third-order valence-electron chi connectivity index (χ3n) is 17.6. The molecule has 0 unspecified atom stereocenters. The van der Waals surface area contributed by atoms with E-state index in [0.717, 1.165) is 121 Å². The summed E-state index contributed by atoms with van der Waals surface area (Å²) in [6.07, 6.45) is 0. The number of benzene rings is 6. The molecule has 14 rings (SSSR count). The lowest BCUT2D eigenvalue weighted by molar-refractivity contribution is 0.417. The van der Waals surface area contributed by atoms with Gasteiger partial charge in [0.25, 0.3) is 0 Å². The Bertz CT molecular complexity index is 4840. The molecule has 0 aliphatic rings. The van der Waals surface area contributed by atoms with Gasteiger partial charge in [0.15, 0.2) is 0 Å². The van der Waals surface area contributed by atoms with Crippen LogP contribution < -0.4 is 9.47 Å². The molecule has 6 aromatic carbocycles. The molecule has 0 aliphatic heterocycles. The van der Waals surface area contributed by atoms with Crippen molar-refractivity contribution in [3.05, 3.63) is 214 Å². The Labute approximate surface area is 580 Å². The molecule has 0 radical (unpaired) electrons. The fourth-order valence-electron chi connectivity index (χ4n) is 12.1. The highest BCUT2D eigenvalue weighted by atomic mass is 32.1. The van der Waals surface area contributed by atoms with Crippen LogP contribution in [0.25, 0.3) is 130 Å². The summed E-state index contributed by atoms with van der Waals surface area (Å²) in [5, 5.41) is 35.5. The molecule has 8 heterocycles. The molecular weight excluding hydrogens is 1270 g/mol. The van der Waals surface area contributed by atoms with Crippen molar-refractivity contribution in [2.45, 2.75) is 105 Å². The third-order valence-corrected chi connectivity index (χ3v) is 21.2. The quantitative estimate of drug-likeness (QED) is 0.130. The molecule has 0 spiro atoms. The SMILES string of the molecule is CC(C)(C)c1cc(-c2ccc3ccc4ccc(-c5cc(C(C)(C)C)cc(-c6cccs6)c5O)nc4c3n2)c(O)c(-c2cccs2)c1.COc1c(-c2ccc3ccc4ccc(-c5cc(C(C)(C)C)cc(-c6cccs6)c5OC)nc4c3n2)cc(C(C)(C)C)cc1-c1cccs1.S. The minimum absolute atomic E-state index is 0. The van der Waals surface area contributed by atoms with Gasteiger partial charge in [-0.3, -0.25) is 0 Å². The highest BCUT2D eigenvalue weighted by Gasteiger charge is 2.28. The summed E-state index contributed by atoms with van der Waals surface area (Å²) in [7, 11) is 3.50. The smallest absolute Gasteiger partial charge is 0.136 e. The zero-order valence-corrected chi connectivity index (χ0v) is 60.4. The Kier molecular flexibility index (Phi) is 18.0. The first kappa shape index (κ1) is 66.3. The van der Waals surface area contributed by atoms with Crippen LogP contribution >= 0.6 is 58.8 Å². The second kappa shape index (κ2) is 25.8. The minimum atomic E-state index is -0.125. The van der Waals surface area contributed by atoms with E-state index in [4.69, 9.17) is 29.4 Å². The highest BCUT2D eigenvalue weighted by Crippen LogP contribution is 2.49. The Morgan fingerprint density at radius 1 is 0.295 bits per heavy atom. The number of methoxy groups -OCH3 is 2. The van der Waals surface area contributed by atoms with Crippen molar-refractivity contribution in [2.75, 3.05) is 14.2 Å². The average Bonchev–Trinajstić information content (AvgIpc) is 1.59. The van der Waals surface area contributed by atoms with Crippen LogP contribution in [-0.2, 0) is 21.7 Å². The number of pyridine rings is 4. The van der Waals surface area contributed by atoms with E-state index in [1.165, 1.54) is 20.9 Å². The van der Waals surface area contributed by atoms with Gasteiger partial charge in [0.2, 0.25) is 0 Å². The maximum atomic E-state index is 11.6. The number of fused-ring (bicyclic) bond motifs is 6. The molecule has 0 saturated carbocycles. The monoisotopic (exact) mass is 1340 g/mol. The molecule has 480 valence electrons. The summed E-state index contributed by atoms with van der Waals surface area (Å²) in [6.45, 7) is 26.6. The number of hydrogen-bond donors (Lipinski definition) is 2. The molecule has 13 heteroatoms. The third kappa shape index (κ3) is 13.0. The predicted molar refractivity (Wildman–Crippen MR) is 411 cm³/mol. The standard InChI is InChI=1S/C42H40N2O2S2.C40H36N2O2S2.H2S/c1-41(2,3)27-21-29(39(45-7)31(23-27)35-11-9-19-47-35)33-17-15-25-13-14-26-16-18-34(44-38(26)37(25)43-33)30-22-28(42(4,5)6)24-32(40(30)46-8)36-12-10-20-48-36;1-39(2,3)25-19-27(37(43)29(21-25)33-9-7-17-45-33)31-15-13-23-11-12-24-14-16-32(42-36(24)35(23)41-31)28-20-26(40(4,5)6)22-30(38(28)44)34-10-8-18-46-34;/h9-24H,1-8H3;7-22,43-44H,1-6H3;1H2.